The van der Waals surface area contributed by atoms with Crippen LogP contribution in [0.1, 0.15) is 5.56 Å². The lowest BCUT2D eigenvalue weighted by Crippen LogP contribution is -2.30. The maximum atomic E-state index is 11.5. The number of nitrogens with one attached hydrogen (secondary N) is 1. The summed E-state index contributed by atoms with van der Waals surface area (Å²) >= 11 is 4.84. The van der Waals surface area contributed by atoms with Gasteiger partial charge in [0.15, 0.2) is 0 Å². The number of nitrogens with two attached hydrogens (primary N) is 1. The first kappa shape index (κ1) is 15.0. The molecule has 1 aromatic carbocycles. The van der Waals surface area contributed by atoms with Gasteiger partial charge in [0.25, 0.3) is 5.56 Å². The van der Waals surface area contributed by atoms with Gasteiger partial charge in [-0.25, -0.2) is 4.79 Å². The minimum Gasteiger partial charge on any atom is -0.492 e. The maximum Gasteiger partial charge on any atom is 0.328 e. The van der Waals surface area contributed by atoms with E-state index >= 15 is 0 Å². The van der Waals surface area contributed by atoms with Gasteiger partial charge in [0.1, 0.15) is 12.4 Å². The van der Waals surface area contributed by atoms with E-state index in [4.69, 9.17) is 22.7 Å². The van der Waals surface area contributed by atoms with Gasteiger partial charge >= 0.3 is 5.69 Å². The fraction of sp³-hybridized carbons (Fsp3) is 0.214. The van der Waals surface area contributed by atoms with E-state index in [1.54, 1.807) is 0 Å². The van der Waals surface area contributed by atoms with Gasteiger partial charge in [-0.15, -0.1) is 0 Å². The van der Waals surface area contributed by atoms with E-state index in [9.17, 15) is 9.59 Å². The van der Waals surface area contributed by atoms with Crippen LogP contribution < -0.4 is 21.7 Å². The van der Waals surface area contributed by atoms with Gasteiger partial charge in [-0.1, -0.05) is 24.4 Å². The first-order chi connectivity index (χ1) is 10.0. The van der Waals surface area contributed by atoms with Gasteiger partial charge in [-0.3, -0.25) is 14.3 Å². The van der Waals surface area contributed by atoms with Crippen molar-refractivity contribution in [3.05, 3.63) is 62.9 Å². The molecule has 2 rings (SSSR count). The van der Waals surface area contributed by atoms with Crippen LogP contribution in [0.25, 0.3) is 0 Å². The highest BCUT2D eigenvalue weighted by molar-refractivity contribution is 7.80. The number of thiocarbonyl (C=S) groups is 1. The van der Waals surface area contributed by atoms with E-state index in [0.29, 0.717) is 30.3 Å². The number of aromatic amines is 1. The Hall–Kier alpha value is -2.41. The summed E-state index contributed by atoms with van der Waals surface area (Å²) in [5, 5.41) is 0. The molecule has 0 bridgehead atoms. The molecule has 7 heteroatoms. The summed E-state index contributed by atoms with van der Waals surface area (Å²) in [6, 6.07) is 8.72. The largest absolute Gasteiger partial charge is 0.492 e. The monoisotopic (exact) mass is 305 g/mol. The van der Waals surface area contributed by atoms with E-state index in [0.717, 1.165) is 5.56 Å². The van der Waals surface area contributed by atoms with Crippen LogP contribution in [0, 0.1) is 0 Å². The smallest absolute Gasteiger partial charge is 0.328 e. The Morgan fingerprint density at radius 2 is 1.95 bits per heavy atom. The zero-order chi connectivity index (χ0) is 15.2. The van der Waals surface area contributed by atoms with Crippen molar-refractivity contribution in [2.45, 2.75) is 13.0 Å². The third kappa shape index (κ3) is 4.57. The number of hydrogen-bond donors (Lipinski definition) is 2. The average Bonchev–Trinajstić information content (AvgIpc) is 2.42. The fourth-order valence-corrected chi connectivity index (χ4v) is 1.95. The summed E-state index contributed by atoms with van der Waals surface area (Å²) in [5.74, 6) is 0.694. The van der Waals surface area contributed by atoms with Crippen LogP contribution >= 0.6 is 12.2 Å². The van der Waals surface area contributed by atoms with Crippen molar-refractivity contribution in [2.24, 2.45) is 5.73 Å². The first-order valence-corrected chi connectivity index (χ1v) is 6.75. The van der Waals surface area contributed by atoms with E-state index in [1.165, 1.54) is 16.8 Å². The summed E-state index contributed by atoms with van der Waals surface area (Å²) in [5.41, 5.74) is 5.64. The third-order valence-electron chi connectivity index (χ3n) is 2.80. The molecule has 21 heavy (non-hydrogen) atoms. The van der Waals surface area contributed by atoms with Gasteiger partial charge in [0.2, 0.25) is 0 Å². The molecule has 0 radical (unpaired) electrons. The average molecular weight is 305 g/mol. The Morgan fingerprint density at radius 1 is 1.24 bits per heavy atom. The standard InChI is InChI=1S/C14H15N3O3S/c15-12(21)9-10-1-3-11(4-2-10)20-8-7-17-6-5-13(18)16-14(17)19/h1-6H,7-9H2,(H2,15,21)(H,16,18,19). The molecular formula is C14H15N3O3S. The number of nitrogens with zero attached hydrogens (tertiary/aromatic N) is 1. The number of ether oxygens (including phenoxy) is 1. The van der Waals surface area contributed by atoms with Crippen molar-refractivity contribution < 1.29 is 4.74 Å². The van der Waals surface area contributed by atoms with Gasteiger partial charge in [-0.05, 0) is 17.7 Å². The van der Waals surface area contributed by atoms with Crippen LogP contribution in [-0.2, 0) is 13.0 Å². The SMILES string of the molecule is NC(=S)Cc1ccc(OCCn2ccc(=O)[nH]c2=O)cc1. The molecule has 0 atom stereocenters. The second-order valence-electron chi connectivity index (χ2n) is 4.44. The van der Waals surface area contributed by atoms with E-state index in [1.807, 2.05) is 24.3 Å². The zero-order valence-electron chi connectivity index (χ0n) is 11.2. The van der Waals surface area contributed by atoms with Crippen LogP contribution in [0.3, 0.4) is 0 Å². The van der Waals surface area contributed by atoms with Crippen molar-refractivity contribution >= 4 is 17.2 Å². The molecule has 2 aromatic rings. The molecule has 110 valence electrons. The lowest BCUT2D eigenvalue weighted by Gasteiger charge is -2.08. The topological polar surface area (TPSA) is 90.1 Å². The minimum atomic E-state index is -0.446. The molecule has 0 saturated heterocycles. The Balaban J connectivity index is 1.90. The van der Waals surface area contributed by atoms with Crippen molar-refractivity contribution in [1.29, 1.82) is 0 Å². The van der Waals surface area contributed by atoms with Gasteiger partial charge in [0, 0.05) is 18.7 Å². The highest BCUT2D eigenvalue weighted by Gasteiger charge is 1.99. The van der Waals surface area contributed by atoms with Crippen molar-refractivity contribution in [1.82, 2.24) is 9.55 Å². The minimum absolute atomic E-state index is 0.320. The maximum absolute atomic E-state index is 11.5. The van der Waals surface area contributed by atoms with Crippen molar-refractivity contribution in [3.63, 3.8) is 0 Å². The highest BCUT2D eigenvalue weighted by Crippen LogP contribution is 2.12. The second kappa shape index (κ2) is 6.85. The molecule has 3 N–H and O–H groups in total. The molecule has 0 aliphatic rings. The number of rotatable bonds is 6. The molecule has 1 heterocycles. The molecule has 0 aliphatic carbocycles. The van der Waals surface area contributed by atoms with Crippen LogP contribution in [0.5, 0.6) is 5.75 Å². The normalized spacial score (nSPS) is 10.3. The van der Waals surface area contributed by atoms with Crippen LogP contribution in [0.4, 0.5) is 0 Å². The van der Waals surface area contributed by atoms with Crippen LogP contribution in [0.2, 0.25) is 0 Å². The predicted octanol–water partition coefficient (Wildman–Crippen LogP) is 0.444. The molecule has 0 fully saturated rings. The molecule has 0 amide bonds. The molecule has 0 spiro atoms. The number of hydrogen-bond acceptors (Lipinski definition) is 4. The first-order valence-electron chi connectivity index (χ1n) is 6.34. The molecule has 0 saturated carbocycles. The quantitative estimate of drug-likeness (QED) is 0.756. The summed E-state index contributed by atoms with van der Waals surface area (Å²) in [6.45, 7) is 0.671. The zero-order valence-corrected chi connectivity index (χ0v) is 12.1. The molecular weight excluding hydrogens is 290 g/mol. The Kier molecular flexibility index (Phi) is 4.89. The Bertz CT molecular complexity index is 734. The molecule has 0 aliphatic heterocycles. The summed E-state index contributed by atoms with van der Waals surface area (Å²) < 4.78 is 6.92. The molecule has 1 aromatic heterocycles. The summed E-state index contributed by atoms with van der Waals surface area (Å²) in [7, 11) is 0. The van der Waals surface area contributed by atoms with Crippen LogP contribution in [-0.4, -0.2) is 21.1 Å². The fourth-order valence-electron chi connectivity index (χ4n) is 1.79. The molecule has 6 nitrogen and oxygen atoms in total. The van der Waals surface area contributed by atoms with E-state index in [-0.39, 0.29) is 0 Å². The van der Waals surface area contributed by atoms with E-state index in [2.05, 4.69) is 4.98 Å². The lowest BCUT2D eigenvalue weighted by molar-refractivity contribution is 0.295. The third-order valence-corrected chi connectivity index (χ3v) is 2.94. The van der Waals surface area contributed by atoms with E-state index < -0.39 is 11.2 Å². The van der Waals surface area contributed by atoms with Crippen LogP contribution in [0.15, 0.2) is 46.1 Å². The van der Waals surface area contributed by atoms with Gasteiger partial charge < -0.3 is 10.5 Å². The number of benzene rings is 1. The Morgan fingerprint density at radius 3 is 2.57 bits per heavy atom. The Labute approximate surface area is 126 Å². The van der Waals surface area contributed by atoms with Gasteiger partial charge in [-0.2, -0.15) is 0 Å². The number of aromatic nitrogens is 2. The summed E-state index contributed by atoms with van der Waals surface area (Å²) in [6.07, 6.45) is 2.00. The summed E-state index contributed by atoms with van der Waals surface area (Å²) in [4.78, 5) is 25.0. The van der Waals surface area contributed by atoms with Crippen molar-refractivity contribution in [2.75, 3.05) is 6.61 Å². The highest BCUT2D eigenvalue weighted by atomic mass is 32.1. The lowest BCUT2D eigenvalue weighted by atomic mass is 10.1. The predicted molar refractivity (Wildman–Crippen MR) is 83.7 cm³/mol. The molecule has 0 unspecified atom stereocenters. The second-order valence-corrected chi connectivity index (χ2v) is 4.96. The van der Waals surface area contributed by atoms with Crippen molar-refractivity contribution in [3.8, 4) is 5.75 Å². The number of H-pyrrole nitrogens is 1. The van der Waals surface area contributed by atoms with Gasteiger partial charge in [0.05, 0.1) is 11.5 Å².